The SMILES string of the molecule is CCOc1ccc(NC(=O)c2cnc(N(C)C3CCS(=O)(=O)C3)cn2)cc1. The normalized spacial score (nSPS) is 18.1. The van der Waals surface area contributed by atoms with Crippen molar-refractivity contribution in [3.63, 3.8) is 0 Å². The number of carbonyl (C=O) groups excluding carboxylic acids is 1. The number of benzene rings is 1. The number of amides is 1. The minimum Gasteiger partial charge on any atom is -0.494 e. The average molecular weight is 390 g/mol. The first kappa shape index (κ1) is 19.1. The zero-order valence-corrected chi connectivity index (χ0v) is 16.1. The number of aromatic nitrogens is 2. The first-order valence-corrected chi connectivity index (χ1v) is 10.5. The highest BCUT2D eigenvalue weighted by Gasteiger charge is 2.31. The summed E-state index contributed by atoms with van der Waals surface area (Å²) in [5, 5.41) is 2.75. The number of hydrogen-bond acceptors (Lipinski definition) is 7. The predicted molar refractivity (Wildman–Crippen MR) is 103 cm³/mol. The van der Waals surface area contributed by atoms with E-state index >= 15 is 0 Å². The number of sulfone groups is 1. The minimum atomic E-state index is -2.97. The molecule has 0 radical (unpaired) electrons. The molecule has 0 spiro atoms. The van der Waals surface area contributed by atoms with Gasteiger partial charge in [-0.15, -0.1) is 0 Å². The summed E-state index contributed by atoms with van der Waals surface area (Å²) in [6, 6.07) is 6.93. The van der Waals surface area contributed by atoms with Crippen LogP contribution in [0.15, 0.2) is 36.7 Å². The maximum absolute atomic E-state index is 12.3. The summed E-state index contributed by atoms with van der Waals surface area (Å²) in [4.78, 5) is 22.5. The summed E-state index contributed by atoms with van der Waals surface area (Å²) in [5.41, 5.74) is 0.808. The first-order valence-electron chi connectivity index (χ1n) is 8.67. The molecule has 0 bridgehead atoms. The molecule has 1 aromatic carbocycles. The quantitative estimate of drug-likeness (QED) is 0.802. The Kier molecular flexibility index (Phi) is 5.59. The lowest BCUT2D eigenvalue weighted by molar-refractivity contribution is 0.102. The fourth-order valence-corrected chi connectivity index (χ4v) is 4.66. The number of nitrogens with zero attached hydrogens (tertiary/aromatic N) is 3. The summed E-state index contributed by atoms with van der Waals surface area (Å²) >= 11 is 0. The first-order chi connectivity index (χ1) is 12.9. The molecule has 27 heavy (non-hydrogen) atoms. The third-order valence-corrected chi connectivity index (χ3v) is 6.16. The zero-order chi connectivity index (χ0) is 19.4. The molecule has 1 aromatic heterocycles. The van der Waals surface area contributed by atoms with Crippen LogP contribution in [-0.4, -0.2) is 55.5 Å². The van der Waals surface area contributed by atoms with Crippen molar-refractivity contribution in [2.45, 2.75) is 19.4 Å². The van der Waals surface area contributed by atoms with Crippen LogP contribution in [0.2, 0.25) is 0 Å². The summed E-state index contributed by atoms with van der Waals surface area (Å²) < 4.78 is 28.6. The molecule has 0 aliphatic carbocycles. The van der Waals surface area contributed by atoms with Crippen LogP contribution in [0.5, 0.6) is 5.75 Å². The highest BCUT2D eigenvalue weighted by Crippen LogP contribution is 2.21. The summed E-state index contributed by atoms with van der Waals surface area (Å²) in [7, 11) is -1.19. The zero-order valence-electron chi connectivity index (χ0n) is 15.3. The molecule has 8 nitrogen and oxygen atoms in total. The van der Waals surface area contributed by atoms with Gasteiger partial charge in [-0.1, -0.05) is 0 Å². The molecule has 3 rings (SSSR count). The van der Waals surface area contributed by atoms with E-state index in [1.54, 1.807) is 36.2 Å². The van der Waals surface area contributed by atoms with E-state index in [-0.39, 0.29) is 29.1 Å². The molecule has 1 N–H and O–H groups in total. The molecule has 1 aliphatic rings. The van der Waals surface area contributed by atoms with Crippen molar-refractivity contribution in [1.29, 1.82) is 0 Å². The van der Waals surface area contributed by atoms with E-state index in [1.165, 1.54) is 12.4 Å². The molecule has 1 aliphatic heterocycles. The monoisotopic (exact) mass is 390 g/mol. The van der Waals surface area contributed by atoms with Crippen molar-refractivity contribution in [2.75, 3.05) is 35.4 Å². The Balaban J connectivity index is 1.63. The van der Waals surface area contributed by atoms with E-state index in [9.17, 15) is 13.2 Å². The number of nitrogens with one attached hydrogen (secondary N) is 1. The number of rotatable bonds is 6. The molecule has 0 saturated carbocycles. The van der Waals surface area contributed by atoms with Crippen LogP contribution >= 0.6 is 0 Å². The second kappa shape index (κ2) is 7.91. The van der Waals surface area contributed by atoms with Gasteiger partial charge >= 0.3 is 0 Å². The van der Waals surface area contributed by atoms with Crippen LogP contribution < -0.4 is 15.0 Å². The molecule has 9 heteroatoms. The van der Waals surface area contributed by atoms with Crippen LogP contribution in [0, 0.1) is 0 Å². The smallest absolute Gasteiger partial charge is 0.275 e. The van der Waals surface area contributed by atoms with Crippen molar-refractivity contribution >= 4 is 27.2 Å². The molecule has 2 aromatic rings. The van der Waals surface area contributed by atoms with Crippen LogP contribution in [0.1, 0.15) is 23.8 Å². The number of anilines is 2. The summed E-state index contributed by atoms with van der Waals surface area (Å²) in [6.07, 6.45) is 3.44. The standard InChI is InChI=1S/C18H22N4O4S/c1-3-26-15-6-4-13(5-7-15)21-18(23)16-10-20-17(11-19-16)22(2)14-8-9-27(24,25)12-14/h4-7,10-11,14H,3,8-9,12H2,1-2H3,(H,21,23). The Morgan fingerprint density at radius 1 is 1.26 bits per heavy atom. The van der Waals surface area contributed by atoms with Gasteiger partial charge < -0.3 is 15.0 Å². The minimum absolute atomic E-state index is 0.116. The van der Waals surface area contributed by atoms with Gasteiger partial charge in [-0.25, -0.2) is 18.4 Å². The van der Waals surface area contributed by atoms with Gasteiger partial charge in [-0.05, 0) is 37.6 Å². The summed E-state index contributed by atoms with van der Waals surface area (Å²) in [6.45, 7) is 2.48. The van der Waals surface area contributed by atoms with E-state index in [0.29, 0.717) is 24.5 Å². The number of ether oxygens (including phenoxy) is 1. The molecule has 1 amide bonds. The van der Waals surface area contributed by atoms with Gasteiger partial charge in [0.1, 0.15) is 17.3 Å². The largest absolute Gasteiger partial charge is 0.494 e. The Morgan fingerprint density at radius 2 is 2.00 bits per heavy atom. The Hall–Kier alpha value is -2.68. The third kappa shape index (κ3) is 4.73. The predicted octanol–water partition coefficient (Wildman–Crippen LogP) is 1.75. The fraction of sp³-hybridized carbons (Fsp3) is 0.389. The molecular formula is C18H22N4O4S. The highest BCUT2D eigenvalue weighted by molar-refractivity contribution is 7.91. The van der Waals surface area contributed by atoms with Crippen molar-refractivity contribution in [2.24, 2.45) is 0 Å². The van der Waals surface area contributed by atoms with Crippen LogP contribution in [0.25, 0.3) is 0 Å². The van der Waals surface area contributed by atoms with Gasteiger partial charge in [0.2, 0.25) is 0 Å². The lowest BCUT2D eigenvalue weighted by Gasteiger charge is -2.23. The Bertz CT molecular complexity index is 898. The van der Waals surface area contributed by atoms with E-state index < -0.39 is 9.84 Å². The highest BCUT2D eigenvalue weighted by atomic mass is 32.2. The lowest BCUT2D eigenvalue weighted by Crippen LogP contribution is -2.33. The van der Waals surface area contributed by atoms with Gasteiger partial charge in [0.05, 0.1) is 30.5 Å². The molecule has 1 atom stereocenters. The number of carbonyl (C=O) groups is 1. The average Bonchev–Trinajstić information content (AvgIpc) is 3.03. The Morgan fingerprint density at radius 3 is 2.56 bits per heavy atom. The van der Waals surface area contributed by atoms with E-state index in [0.717, 1.165) is 5.75 Å². The van der Waals surface area contributed by atoms with Gasteiger partial charge in [-0.2, -0.15) is 0 Å². The molecule has 1 fully saturated rings. The van der Waals surface area contributed by atoms with Crippen molar-refractivity contribution in [3.8, 4) is 5.75 Å². The Labute approximate surface area is 158 Å². The van der Waals surface area contributed by atoms with E-state index in [1.807, 2.05) is 6.92 Å². The van der Waals surface area contributed by atoms with Gasteiger partial charge in [0.25, 0.3) is 5.91 Å². The molecule has 1 saturated heterocycles. The topological polar surface area (TPSA) is 101 Å². The van der Waals surface area contributed by atoms with Crippen LogP contribution in [-0.2, 0) is 9.84 Å². The maximum Gasteiger partial charge on any atom is 0.275 e. The van der Waals surface area contributed by atoms with Gasteiger partial charge in [0.15, 0.2) is 9.84 Å². The van der Waals surface area contributed by atoms with Gasteiger partial charge in [0, 0.05) is 18.8 Å². The van der Waals surface area contributed by atoms with E-state index in [2.05, 4.69) is 15.3 Å². The maximum atomic E-state index is 12.3. The number of hydrogen-bond donors (Lipinski definition) is 1. The summed E-state index contributed by atoms with van der Waals surface area (Å²) in [5.74, 6) is 1.21. The molecule has 1 unspecified atom stereocenters. The van der Waals surface area contributed by atoms with E-state index in [4.69, 9.17) is 4.74 Å². The molecule has 2 heterocycles. The molecule has 144 valence electrons. The lowest BCUT2D eigenvalue weighted by atomic mass is 10.2. The van der Waals surface area contributed by atoms with Gasteiger partial charge in [-0.3, -0.25) is 4.79 Å². The van der Waals surface area contributed by atoms with Crippen molar-refractivity contribution < 1.29 is 17.9 Å². The third-order valence-electron chi connectivity index (χ3n) is 4.41. The van der Waals surface area contributed by atoms with Crippen LogP contribution in [0.4, 0.5) is 11.5 Å². The van der Waals surface area contributed by atoms with Crippen LogP contribution in [0.3, 0.4) is 0 Å². The van der Waals surface area contributed by atoms with Crippen molar-refractivity contribution in [3.05, 3.63) is 42.4 Å². The van der Waals surface area contributed by atoms with Crippen molar-refractivity contribution in [1.82, 2.24) is 9.97 Å². The fourth-order valence-electron chi connectivity index (χ4n) is 2.88. The second-order valence-electron chi connectivity index (χ2n) is 6.34. The molecular weight excluding hydrogens is 368 g/mol. The second-order valence-corrected chi connectivity index (χ2v) is 8.57.